The van der Waals surface area contributed by atoms with E-state index in [2.05, 4.69) is 14.8 Å². The van der Waals surface area contributed by atoms with E-state index < -0.39 is 0 Å². The second kappa shape index (κ2) is 9.09. The number of piperidine rings is 1. The Morgan fingerprint density at radius 3 is 2.65 bits per heavy atom. The maximum atomic E-state index is 12.7. The molecule has 1 amide bonds. The quantitative estimate of drug-likeness (QED) is 0.674. The van der Waals surface area contributed by atoms with Crippen molar-refractivity contribution in [1.29, 1.82) is 0 Å². The summed E-state index contributed by atoms with van der Waals surface area (Å²) in [7, 11) is 5.64. The Bertz CT molecular complexity index is 924. The number of carbonyl (C=O) groups excluding carboxylic acids is 1. The van der Waals surface area contributed by atoms with Crippen molar-refractivity contribution in [1.82, 2.24) is 19.8 Å². The lowest BCUT2D eigenvalue weighted by atomic mass is 10.1. The summed E-state index contributed by atoms with van der Waals surface area (Å²) in [5.41, 5.74) is 2.71. The Balaban J connectivity index is 1.38. The van der Waals surface area contributed by atoms with E-state index in [-0.39, 0.29) is 12.0 Å². The lowest BCUT2D eigenvalue weighted by molar-refractivity contribution is 0.0767. The molecular weight excluding hydrogens is 394 g/mol. The standard InChI is InChI=1S/C23H31N5O3/c1-16-13-19-20(15-28(23(19)29)12-11-26(2)3)25-22(16)27-9-7-17(8-10-27)31-18-5-6-21(30-4)24-14-18/h5-6,13-14,17H,7-12,15H2,1-4H3. The maximum absolute atomic E-state index is 12.7. The van der Waals surface area contributed by atoms with Gasteiger partial charge >= 0.3 is 0 Å². The lowest BCUT2D eigenvalue weighted by Gasteiger charge is -2.33. The number of methoxy groups -OCH3 is 1. The molecular formula is C23H31N5O3. The highest BCUT2D eigenvalue weighted by Gasteiger charge is 2.31. The van der Waals surface area contributed by atoms with Gasteiger partial charge in [0, 0.05) is 45.1 Å². The first-order valence-electron chi connectivity index (χ1n) is 10.8. The molecule has 0 N–H and O–H groups in total. The van der Waals surface area contributed by atoms with Crippen molar-refractivity contribution in [3.63, 3.8) is 0 Å². The number of likely N-dealkylation sites (N-methyl/N-ethyl adjacent to an activating group) is 1. The van der Waals surface area contributed by atoms with Crippen LogP contribution in [0.2, 0.25) is 0 Å². The van der Waals surface area contributed by atoms with Gasteiger partial charge in [0.1, 0.15) is 17.7 Å². The van der Waals surface area contributed by atoms with Crippen LogP contribution in [0.5, 0.6) is 11.6 Å². The second-order valence-corrected chi connectivity index (χ2v) is 8.49. The van der Waals surface area contributed by atoms with Gasteiger partial charge in [0.25, 0.3) is 5.91 Å². The van der Waals surface area contributed by atoms with Gasteiger partial charge in [-0.1, -0.05) is 0 Å². The number of amides is 1. The molecule has 2 aliphatic rings. The molecule has 8 heteroatoms. The average molecular weight is 426 g/mol. The van der Waals surface area contributed by atoms with Crippen LogP contribution in [0.1, 0.15) is 34.5 Å². The number of ether oxygens (including phenoxy) is 2. The lowest BCUT2D eigenvalue weighted by Crippen LogP contribution is -2.39. The Kier molecular flexibility index (Phi) is 6.27. The molecule has 1 saturated heterocycles. The van der Waals surface area contributed by atoms with Gasteiger partial charge in [0.15, 0.2) is 0 Å². The molecule has 166 valence electrons. The number of nitrogens with zero attached hydrogens (tertiary/aromatic N) is 5. The molecule has 0 aromatic carbocycles. The molecule has 0 unspecified atom stereocenters. The van der Waals surface area contributed by atoms with E-state index in [1.807, 2.05) is 44.1 Å². The van der Waals surface area contributed by atoms with Gasteiger partial charge in [-0.25, -0.2) is 9.97 Å². The third kappa shape index (κ3) is 4.74. The Labute approximate surface area is 183 Å². The van der Waals surface area contributed by atoms with E-state index in [0.717, 1.165) is 67.4 Å². The summed E-state index contributed by atoms with van der Waals surface area (Å²) in [6.07, 6.45) is 3.69. The van der Waals surface area contributed by atoms with Crippen molar-refractivity contribution >= 4 is 11.7 Å². The Hall–Kier alpha value is -2.87. The van der Waals surface area contributed by atoms with Crippen molar-refractivity contribution in [2.24, 2.45) is 0 Å². The highest BCUT2D eigenvalue weighted by Crippen LogP contribution is 2.29. The van der Waals surface area contributed by atoms with Crippen LogP contribution in [0.15, 0.2) is 24.4 Å². The summed E-state index contributed by atoms with van der Waals surface area (Å²) >= 11 is 0. The summed E-state index contributed by atoms with van der Waals surface area (Å²) < 4.78 is 11.2. The first kappa shape index (κ1) is 21.4. The fourth-order valence-electron chi connectivity index (χ4n) is 4.13. The van der Waals surface area contributed by atoms with Crippen LogP contribution in [0.4, 0.5) is 5.82 Å². The van der Waals surface area contributed by atoms with Crippen molar-refractivity contribution < 1.29 is 14.3 Å². The number of rotatable bonds is 7. The SMILES string of the molecule is COc1ccc(OC2CCN(c3nc4c(cc3C)C(=O)N(CCN(C)C)C4)CC2)cn1. The van der Waals surface area contributed by atoms with E-state index in [1.165, 1.54) is 0 Å². The Morgan fingerprint density at radius 2 is 2.00 bits per heavy atom. The molecule has 0 aliphatic carbocycles. The molecule has 1 fully saturated rings. The molecule has 8 nitrogen and oxygen atoms in total. The third-order valence-electron chi connectivity index (χ3n) is 5.90. The topological polar surface area (TPSA) is 71.0 Å². The van der Waals surface area contributed by atoms with Gasteiger partial charge in [0.2, 0.25) is 5.88 Å². The highest BCUT2D eigenvalue weighted by atomic mass is 16.5. The van der Waals surface area contributed by atoms with Crippen LogP contribution in [-0.4, -0.2) is 79.2 Å². The minimum atomic E-state index is 0.0965. The highest BCUT2D eigenvalue weighted by molar-refractivity contribution is 5.98. The summed E-state index contributed by atoms with van der Waals surface area (Å²) in [4.78, 5) is 28.1. The summed E-state index contributed by atoms with van der Waals surface area (Å²) in [5, 5.41) is 0. The molecule has 2 aromatic rings. The van der Waals surface area contributed by atoms with Crippen LogP contribution in [0.3, 0.4) is 0 Å². The first-order chi connectivity index (χ1) is 14.9. The fraction of sp³-hybridized carbons (Fsp3) is 0.522. The van der Waals surface area contributed by atoms with Crippen LogP contribution in [0, 0.1) is 6.92 Å². The van der Waals surface area contributed by atoms with Crippen LogP contribution >= 0.6 is 0 Å². The van der Waals surface area contributed by atoms with Gasteiger partial charge < -0.3 is 24.2 Å². The van der Waals surface area contributed by atoms with E-state index in [4.69, 9.17) is 14.5 Å². The molecule has 31 heavy (non-hydrogen) atoms. The summed E-state index contributed by atoms with van der Waals surface area (Å²) in [6, 6.07) is 5.72. The van der Waals surface area contributed by atoms with Gasteiger partial charge in [-0.3, -0.25) is 4.79 Å². The number of hydrogen-bond donors (Lipinski definition) is 0. The summed E-state index contributed by atoms with van der Waals surface area (Å²) in [5.74, 6) is 2.44. The van der Waals surface area contributed by atoms with E-state index in [1.54, 1.807) is 13.3 Å². The zero-order valence-electron chi connectivity index (χ0n) is 18.8. The average Bonchev–Trinajstić information content (AvgIpc) is 3.07. The zero-order valence-corrected chi connectivity index (χ0v) is 18.8. The molecule has 4 heterocycles. The minimum Gasteiger partial charge on any atom is -0.489 e. The van der Waals surface area contributed by atoms with Crippen LogP contribution in [-0.2, 0) is 6.54 Å². The number of fused-ring (bicyclic) bond motifs is 1. The first-order valence-corrected chi connectivity index (χ1v) is 10.8. The number of aryl methyl sites for hydroxylation is 1. The normalized spacial score (nSPS) is 16.7. The molecule has 0 radical (unpaired) electrons. The smallest absolute Gasteiger partial charge is 0.256 e. The van der Waals surface area contributed by atoms with E-state index in [9.17, 15) is 4.79 Å². The fourth-order valence-corrected chi connectivity index (χ4v) is 4.13. The molecule has 0 bridgehead atoms. The van der Waals surface area contributed by atoms with Gasteiger partial charge in [-0.15, -0.1) is 0 Å². The number of carbonyl (C=O) groups is 1. The summed E-state index contributed by atoms with van der Waals surface area (Å²) in [6.45, 7) is 5.96. The number of anilines is 1. The zero-order chi connectivity index (χ0) is 22.0. The minimum absolute atomic E-state index is 0.0965. The van der Waals surface area contributed by atoms with Crippen molar-refractivity contribution in [2.75, 3.05) is 52.3 Å². The van der Waals surface area contributed by atoms with Crippen molar-refractivity contribution in [3.8, 4) is 11.6 Å². The molecule has 0 saturated carbocycles. The number of aromatic nitrogens is 2. The van der Waals surface area contributed by atoms with Gasteiger partial charge in [0.05, 0.1) is 31.1 Å². The van der Waals surface area contributed by atoms with Crippen LogP contribution in [0.25, 0.3) is 0 Å². The predicted molar refractivity (Wildman–Crippen MR) is 119 cm³/mol. The predicted octanol–water partition coefficient (Wildman–Crippen LogP) is 2.36. The van der Waals surface area contributed by atoms with E-state index in [0.29, 0.717) is 12.4 Å². The second-order valence-electron chi connectivity index (χ2n) is 8.49. The molecule has 4 rings (SSSR count). The molecule has 0 atom stereocenters. The van der Waals surface area contributed by atoms with Crippen LogP contribution < -0.4 is 14.4 Å². The van der Waals surface area contributed by atoms with E-state index >= 15 is 0 Å². The maximum Gasteiger partial charge on any atom is 0.256 e. The van der Waals surface area contributed by atoms with Crippen molar-refractivity contribution in [3.05, 3.63) is 41.2 Å². The molecule has 2 aliphatic heterocycles. The largest absolute Gasteiger partial charge is 0.489 e. The third-order valence-corrected chi connectivity index (χ3v) is 5.90. The molecule has 0 spiro atoms. The van der Waals surface area contributed by atoms with Gasteiger partial charge in [-0.05, 0) is 38.7 Å². The molecule has 2 aromatic heterocycles. The monoisotopic (exact) mass is 425 g/mol. The number of pyridine rings is 2. The van der Waals surface area contributed by atoms with Gasteiger partial charge in [-0.2, -0.15) is 0 Å². The van der Waals surface area contributed by atoms with Crippen molar-refractivity contribution in [2.45, 2.75) is 32.4 Å². The number of hydrogen-bond acceptors (Lipinski definition) is 7. The Morgan fingerprint density at radius 1 is 1.23 bits per heavy atom.